The molecule has 0 atom stereocenters. The van der Waals surface area contributed by atoms with E-state index in [4.69, 9.17) is 10.2 Å². The van der Waals surface area contributed by atoms with Gasteiger partial charge in [-0.2, -0.15) is 10.2 Å². The van der Waals surface area contributed by atoms with Crippen LogP contribution in [0.1, 0.15) is 102 Å². The number of aromatic nitrogens is 4. The third-order valence-corrected chi connectivity index (χ3v) is 9.63. The molecule has 0 spiro atoms. The summed E-state index contributed by atoms with van der Waals surface area (Å²) in [6.07, 6.45) is 8.07. The molecule has 0 aliphatic heterocycles. The maximum absolute atomic E-state index is 15.1. The SMILES string of the molecule is CC1(c2cc(C(C)(C)c3cc(C4(C)CCCC4)n(-c4ccc(F)cc4F)n3)nn2-c2ccc(F)cc2F)CCCC1. The molecular formula is C33H36F4N4. The number of halogens is 4. The van der Waals surface area contributed by atoms with Gasteiger partial charge in [0.05, 0.1) is 28.2 Å². The molecule has 2 aromatic heterocycles. The van der Waals surface area contributed by atoms with E-state index in [1.807, 2.05) is 26.0 Å². The molecule has 0 saturated heterocycles. The van der Waals surface area contributed by atoms with Crippen molar-refractivity contribution in [2.75, 3.05) is 0 Å². The standard InChI is InChI=1S/C33H36F4N4/c1-31(2,27-19-29(32(3)13-5-6-14-32)40(38-27)25-11-9-21(34)17-23(25)36)28-20-30(33(4)15-7-8-16-33)41(39-28)26-12-10-22(35)18-24(26)37/h9-12,17-20H,5-8,13-16H2,1-4H3. The predicted octanol–water partition coefficient (Wildman–Crippen LogP) is 8.60. The molecule has 2 saturated carbocycles. The first-order valence-electron chi connectivity index (χ1n) is 14.5. The molecule has 8 heteroatoms. The summed E-state index contributed by atoms with van der Waals surface area (Å²) in [7, 11) is 0. The van der Waals surface area contributed by atoms with Crippen molar-refractivity contribution in [2.24, 2.45) is 0 Å². The molecule has 216 valence electrons. The number of hydrogen-bond donors (Lipinski definition) is 0. The van der Waals surface area contributed by atoms with Gasteiger partial charge < -0.3 is 0 Å². The Morgan fingerprint density at radius 3 is 1.32 bits per heavy atom. The van der Waals surface area contributed by atoms with Crippen molar-refractivity contribution in [3.8, 4) is 11.4 Å². The molecule has 6 rings (SSSR count). The number of nitrogens with zero attached hydrogens (tertiary/aromatic N) is 4. The van der Waals surface area contributed by atoms with Gasteiger partial charge in [-0.15, -0.1) is 0 Å². The van der Waals surface area contributed by atoms with E-state index >= 15 is 8.78 Å². The Bertz CT molecular complexity index is 1490. The zero-order chi connectivity index (χ0) is 29.2. The van der Waals surface area contributed by atoms with Crippen LogP contribution in [0.4, 0.5) is 17.6 Å². The molecule has 0 unspecified atom stereocenters. The van der Waals surface area contributed by atoms with Gasteiger partial charge >= 0.3 is 0 Å². The van der Waals surface area contributed by atoms with Crippen LogP contribution >= 0.6 is 0 Å². The monoisotopic (exact) mass is 564 g/mol. The van der Waals surface area contributed by atoms with Gasteiger partial charge in [0, 0.05) is 23.0 Å². The molecule has 2 aliphatic carbocycles. The summed E-state index contributed by atoms with van der Waals surface area (Å²) in [5.41, 5.74) is 2.41. The smallest absolute Gasteiger partial charge is 0.151 e. The summed E-state index contributed by atoms with van der Waals surface area (Å²) in [4.78, 5) is 0. The Morgan fingerprint density at radius 2 is 0.976 bits per heavy atom. The largest absolute Gasteiger partial charge is 0.234 e. The van der Waals surface area contributed by atoms with Crippen LogP contribution in [0.3, 0.4) is 0 Å². The fraction of sp³-hybridized carbons (Fsp3) is 0.455. The van der Waals surface area contributed by atoms with Gasteiger partial charge in [0.25, 0.3) is 0 Å². The highest BCUT2D eigenvalue weighted by molar-refractivity contribution is 5.44. The lowest BCUT2D eigenvalue weighted by Gasteiger charge is -2.25. The molecule has 2 aromatic carbocycles. The van der Waals surface area contributed by atoms with Gasteiger partial charge in [-0.1, -0.05) is 39.5 Å². The molecule has 41 heavy (non-hydrogen) atoms. The van der Waals surface area contributed by atoms with Crippen LogP contribution < -0.4 is 0 Å². The molecule has 0 radical (unpaired) electrons. The van der Waals surface area contributed by atoms with Gasteiger partial charge in [0.15, 0.2) is 11.6 Å². The highest BCUT2D eigenvalue weighted by atomic mass is 19.1. The normalized spacial score (nSPS) is 18.3. The topological polar surface area (TPSA) is 35.6 Å². The fourth-order valence-electron chi connectivity index (χ4n) is 6.86. The van der Waals surface area contributed by atoms with Crippen LogP contribution in [-0.4, -0.2) is 19.6 Å². The minimum absolute atomic E-state index is 0.203. The fourth-order valence-corrected chi connectivity index (χ4v) is 6.86. The molecule has 0 bridgehead atoms. The summed E-state index contributed by atoms with van der Waals surface area (Å²) in [5, 5.41) is 9.89. The highest BCUT2D eigenvalue weighted by Gasteiger charge is 2.41. The Balaban J connectivity index is 1.52. The van der Waals surface area contributed by atoms with Gasteiger partial charge in [0.2, 0.25) is 0 Å². The summed E-state index contributed by atoms with van der Waals surface area (Å²) in [6.45, 7) is 8.37. The Labute approximate surface area is 238 Å². The van der Waals surface area contributed by atoms with E-state index in [1.54, 1.807) is 9.36 Å². The molecule has 2 heterocycles. The van der Waals surface area contributed by atoms with E-state index in [9.17, 15) is 8.78 Å². The van der Waals surface area contributed by atoms with E-state index in [2.05, 4.69) is 13.8 Å². The lowest BCUT2D eigenvalue weighted by Crippen LogP contribution is -2.22. The van der Waals surface area contributed by atoms with Crippen molar-refractivity contribution >= 4 is 0 Å². The number of benzene rings is 2. The lowest BCUT2D eigenvalue weighted by molar-refractivity contribution is 0.455. The predicted molar refractivity (Wildman–Crippen MR) is 151 cm³/mol. The first kappa shape index (κ1) is 27.7. The van der Waals surface area contributed by atoms with Crippen molar-refractivity contribution < 1.29 is 17.6 Å². The van der Waals surface area contributed by atoms with E-state index in [0.717, 1.165) is 74.9 Å². The van der Waals surface area contributed by atoms with Crippen LogP contribution in [0.15, 0.2) is 48.5 Å². The van der Waals surface area contributed by atoms with Crippen LogP contribution in [-0.2, 0) is 16.2 Å². The zero-order valence-corrected chi connectivity index (χ0v) is 24.1. The quantitative estimate of drug-likeness (QED) is 0.220. The van der Waals surface area contributed by atoms with Crippen molar-refractivity contribution in [2.45, 2.75) is 95.3 Å². The molecular weight excluding hydrogens is 528 g/mol. The third kappa shape index (κ3) is 4.69. The van der Waals surface area contributed by atoms with Crippen LogP contribution in [0.2, 0.25) is 0 Å². The average molecular weight is 565 g/mol. The van der Waals surface area contributed by atoms with Crippen LogP contribution in [0.5, 0.6) is 0 Å². The first-order chi connectivity index (χ1) is 19.4. The summed E-state index contributed by atoms with van der Waals surface area (Å²) >= 11 is 0. The molecule has 4 aromatic rings. The van der Waals surface area contributed by atoms with E-state index in [1.165, 1.54) is 24.3 Å². The molecule has 2 aliphatic rings. The van der Waals surface area contributed by atoms with Gasteiger partial charge in [0.1, 0.15) is 23.0 Å². The van der Waals surface area contributed by atoms with Crippen LogP contribution in [0, 0.1) is 23.3 Å². The highest BCUT2D eigenvalue weighted by Crippen LogP contribution is 2.46. The van der Waals surface area contributed by atoms with Crippen molar-refractivity contribution in [3.05, 3.63) is 94.6 Å². The van der Waals surface area contributed by atoms with Crippen LogP contribution in [0.25, 0.3) is 11.4 Å². The third-order valence-electron chi connectivity index (χ3n) is 9.63. The van der Waals surface area contributed by atoms with Gasteiger partial charge in [-0.25, -0.2) is 26.9 Å². The molecule has 4 nitrogen and oxygen atoms in total. The van der Waals surface area contributed by atoms with Gasteiger partial charge in [-0.05, 0) is 75.9 Å². The Kier molecular flexibility index (Phi) is 6.66. The molecule has 2 fully saturated rings. The Hall–Kier alpha value is -3.42. The molecule has 0 N–H and O–H groups in total. The number of hydrogen-bond acceptors (Lipinski definition) is 2. The minimum atomic E-state index is -0.739. The zero-order valence-electron chi connectivity index (χ0n) is 24.1. The second-order valence-electron chi connectivity index (χ2n) is 13.0. The van der Waals surface area contributed by atoms with Crippen molar-refractivity contribution in [1.29, 1.82) is 0 Å². The second-order valence-corrected chi connectivity index (χ2v) is 13.0. The maximum Gasteiger partial charge on any atom is 0.151 e. The average Bonchev–Trinajstić information content (AvgIpc) is 3.71. The Morgan fingerprint density at radius 1 is 0.610 bits per heavy atom. The second kappa shape index (κ2) is 9.85. The lowest BCUT2D eigenvalue weighted by atomic mass is 9.80. The summed E-state index contributed by atoms with van der Waals surface area (Å²) < 4.78 is 61.1. The number of rotatable bonds is 6. The van der Waals surface area contributed by atoms with E-state index < -0.39 is 28.7 Å². The van der Waals surface area contributed by atoms with E-state index in [0.29, 0.717) is 11.4 Å². The molecule has 0 amide bonds. The minimum Gasteiger partial charge on any atom is -0.234 e. The van der Waals surface area contributed by atoms with Crippen molar-refractivity contribution in [1.82, 2.24) is 19.6 Å². The van der Waals surface area contributed by atoms with E-state index in [-0.39, 0.29) is 22.2 Å². The summed E-state index contributed by atoms with van der Waals surface area (Å²) in [6, 6.07) is 11.2. The van der Waals surface area contributed by atoms with Gasteiger partial charge in [-0.3, -0.25) is 0 Å². The van der Waals surface area contributed by atoms with Crippen molar-refractivity contribution in [3.63, 3.8) is 0 Å². The maximum atomic E-state index is 15.1. The first-order valence-corrected chi connectivity index (χ1v) is 14.5. The summed E-state index contributed by atoms with van der Waals surface area (Å²) in [5.74, 6) is -2.63.